The quantitative estimate of drug-likeness (QED) is 0.928. The summed E-state index contributed by atoms with van der Waals surface area (Å²) in [6, 6.07) is 6.08. The summed E-state index contributed by atoms with van der Waals surface area (Å²) in [6.45, 7) is 0.142. The SMILES string of the molecule is NCc1ccc(Oc2ncc(Br)cc2Cl)cc1F. The van der Waals surface area contributed by atoms with Crippen molar-refractivity contribution in [3.05, 3.63) is 51.3 Å². The Morgan fingerprint density at radius 2 is 2.17 bits per heavy atom. The molecule has 0 aliphatic carbocycles. The van der Waals surface area contributed by atoms with E-state index in [1.807, 2.05) is 0 Å². The van der Waals surface area contributed by atoms with E-state index in [0.717, 1.165) is 4.47 Å². The predicted molar refractivity (Wildman–Crippen MR) is 71.3 cm³/mol. The third kappa shape index (κ3) is 2.98. The maximum Gasteiger partial charge on any atom is 0.238 e. The number of benzene rings is 1. The first-order chi connectivity index (χ1) is 8.60. The molecule has 0 amide bonds. The highest BCUT2D eigenvalue weighted by atomic mass is 79.9. The fraction of sp³-hybridized carbons (Fsp3) is 0.0833. The highest BCUT2D eigenvalue weighted by molar-refractivity contribution is 9.10. The van der Waals surface area contributed by atoms with Crippen LogP contribution in [0.3, 0.4) is 0 Å². The van der Waals surface area contributed by atoms with Crippen LogP contribution in [-0.2, 0) is 6.54 Å². The molecular formula is C12H9BrClFN2O. The van der Waals surface area contributed by atoms with E-state index in [1.165, 1.54) is 6.07 Å². The van der Waals surface area contributed by atoms with Gasteiger partial charge in [-0.15, -0.1) is 0 Å². The molecule has 0 spiro atoms. The van der Waals surface area contributed by atoms with Crippen LogP contribution in [-0.4, -0.2) is 4.98 Å². The summed E-state index contributed by atoms with van der Waals surface area (Å²) < 4.78 is 19.6. The van der Waals surface area contributed by atoms with Crippen LogP contribution in [0.15, 0.2) is 34.9 Å². The van der Waals surface area contributed by atoms with Crippen LogP contribution in [0.5, 0.6) is 11.6 Å². The van der Waals surface area contributed by atoms with Gasteiger partial charge in [-0.1, -0.05) is 17.7 Å². The van der Waals surface area contributed by atoms with E-state index >= 15 is 0 Å². The molecule has 6 heteroatoms. The zero-order valence-electron chi connectivity index (χ0n) is 9.16. The maximum absolute atomic E-state index is 13.5. The second kappa shape index (κ2) is 5.65. The summed E-state index contributed by atoms with van der Waals surface area (Å²) >= 11 is 9.18. The molecule has 0 saturated heterocycles. The van der Waals surface area contributed by atoms with Gasteiger partial charge in [0.2, 0.25) is 5.88 Å². The molecule has 1 aromatic carbocycles. The second-order valence-corrected chi connectivity index (χ2v) is 4.82. The Labute approximate surface area is 117 Å². The lowest BCUT2D eigenvalue weighted by molar-refractivity contribution is 0.457. The van der Waals surface area contributed by atoms with Gasteiger partial charge in [-0.25, -0.2) is 9.37 Å². The molecule has 18 heavy (non-hydrogen) atoms. The summed E-state index contributed by atoms with van der Waals surface area (Å²) in [4.78, 5) is 4.00. The number of pyridine rings is 1. The van der Waals surface area contributed by atoms with E-state index in [1.54, 1.807) is 24.4 Å². The first-order valence-corrected chi connectivity index (χ1v) is 6.24. The molecule has 0 fully saturated rings. The van der Waals surface area contributed by atoms with Gasteiger partial charge in [-0.2, -0.15) is 0 Å². The predicted octanol–water partition coefficient (Wildman–Crippen LogP) is 3.89. The molecule has 0 bridgehead atoms. The number of hydrogen-bond donors (Lipinski definition) is 1. The second-order valence-electron chi connectivity index (χ2n) is 3.50. The molecule has 3 nitrogen and oxygen atoms in total. The van der Waals surface area contributed by atoms with Crippen molar-refractivity contribution in [1.29, 1.82) is 0 Å². The molecule has 2 aromatic rings. The lowest BCUT2D eigenvalue weighted by Gasteiger charge is -2.08. The van der Waals surface area contributed by atoms with E-state index in [2.05, 4.69) is 20.9 Å². The number of ether oxygens (including phenoxy) is 1. The number of rotatable bonds is 3. The van der Waals surface area contributed by atoms with E-state index in [-0.39, 0.29) is 12.4 Å². The number of halogens is 3. The van der Waals surface area contributed by atoms with Crippen LogP contribution in [0.1, 0.15) is 5.56 Å². The van der Waals surface area contributed by atoms with Crippen molar-refractivity contribution in [3.63, 3.8) is 0 Å². The highest BCUT2D eigenvalue weighted by Gasteiger charge is 2.08. The Morgan fingerprint density at radius 3 is 2.78 bits per heavy atom. The third-order valence-corrected chi connectivity index (χ3v) is 2.94. The minimum atomic E-state index is -0.414. The van der Waals surface area contributed by atoms with Crippen molar-refractivity contribution in [3.8, 4) is 11.6 Å². The minimum absolute atomic E-state index is 0.142. The standard InChI is InChI=1S/C12H9BrClFN2O/c13-8-3-10(14)12(17-6-8)18-9-2-1-7(5-16)11(15)4-9/h1-4,6H,5,16H2. The van der Waals surface area contributed by atoms with Crippen LogP contribution in [0, 0.1) is 5.82 Å². The number of nitrogens with zero attached hydrogens (tertiary/aromatic N) is 1. The summed E-state index contributed by atoms with van der Waals surface area (Å²) in [5.41, 5.74) is 5.80. The summed E-state index contributed by atoms with van der Waals surface area (Å²) in [7, 11) is 0. The Balaban J connectivity index is 2.26. The summed E-state index contributed by atoms with van der Waals surface area (Å²) in [6.07, 6.45) is 1.55. The Morgan fingerprint density at radius 1 is 1.39 bits per heavy atom. The zero-order valence-corrected chi connectivity index (χ0v) is 11.5. The fourth-order valence-corrected chi connectivity index (χ4v) is 2.01. The monoisotopic (exact) mass is 330 g/mol. The molecule has 0 aliphatic rings. The third-order valence-electron chi connectivity index (χ3n) is 2.23. The molecule has 0 saturated carbocycles. The van der Waals surface area contributed by atoms with Gasteiger partial charge < -0.3 is 10.5 Å². The van der Waals surface area contributed by atoms with E-state index in [0.29, 0.717) is 16.3 Å². The molecule has 2 rings (SSSR count). The summed E-state index contributed by atoms with van der Waals surface area (Å²) in [5, 5.41) is 0.340. The molecule has 1 aromatic heterocycles. The molecule has 0 atom stereocenters. The van der Waals surface area contributed by atoms with Gasteiger partial charge in [0.1, 0.15) is 16.6 Å². The first-order valence-electron chi connectivity index (χ1n) is 5.07. The van der Waals surface area contributed by atoms with Crippen molar-refractivity contribution >= 4 is 27.5 Å². The number of hydrogen-bond acceptors (Lipinski definition) is 3. The number of nitrogens with two attached hydrogens (primary N) is 1. The van der Waals surface area contributed by atoms with Crippen molar-refractivity contribution in [2.45, 2.75) is 6.54 Å². The Kier molecular flexibility index (Phi) is 4.16. The van der Waals surface area contributed by atoms with Gasteiger partial charge >= 0.3 is 0 Å². The Bertz CT molecular complexity index is 580. The van der Waals surface area contributed by atoms with Crippen LogP contribution in [0.4, 0.5) is 4.39 Å². The van der Waals surface area contributed by atoms with Crippen molar-refractivity contribution in [2.24, 2.45) is 5.73 Å². The van der Waals surface area contributed by atoms with Crippen molar-refractivity contribution in [1.82, 2.24) is 4.98 Å². The maximum atomic E-state index is 13.5. The average Bonchev–Trinajstić information content (AvgIpc) is 2.33. The largest absolute Gasteiger partial charge is 0.437 e. The highest BCUT2D eigenvalue weighted by Crippen LogP contribution is 2.29. The van der Waals surface area contributed by atoms with Gasteiger partial charge in [0.05, 0.1) is 0 Å². The Hall–Kier alpha value is -1.17. The van der Waals surface area contributed by atoms with Gasteiger partial charge in [0.25, 0.3) is 0 Å². The van der Waals surface area contributed by atoms with Crippen LogP contribution in [0.25, 0.3) is 0 Å². The van der Waals surface area contributed by atoms with Gasteiger partial charge in [-0.05, 0) is 28.1 Å². The van der Waals surface area contributed by atoms with E-state index < -0.39 is 5.82 Å². The van der Waals surface area contributed by atoms with Crippen molar-refractivity contribution in [2.75, 3.05) is 0 Å². The van der Waals surface area contributed by atoms with E-state index in [4.69, 9.17) is 22.1 Å². The molecule has 1 heterocycles. The molecule has 2 N–H and O–H groups in total. The topological polar surface area (TPSA) is 48.1 Å². The van der Waals surface area contributed by atoms with E-state index in [9.17, 15) is 4.39 Å². The lowest BCUT2D eigenvalue weighted by Crippen LogP contribution is -1.99. The van der Waals surface area contributed by atoms with Gasteiger partial charge in [0, 0.05) is 28.8 Å². The molecule has 94 valence electrons. The molecule has 0 aliphatic heterocycles. The van der Waals surface area contributed by atoms with Crippen LogP contribution >= 0.6 is 27.5 Å². The first kappa shape index (κ1) is 13.3. The smallest absolute Gasteiger partial charge is 0.238 e. The van der Waals surface area contributed by atoms with Crippen LogP contribution in [0.2, 0.25) is 5.02 Å². The molecular weight excluding hydrogens is 322 g/mol. The lowest BCUT2D eigenvalue weighted by atomic mass is 10.2. The fourth-order valence-electron chi connectivity index (χ4n) is 1.35. The number of aromatic nitrogens is 1. The van der Waals surface area contributed by atoms with Gasteiger partial charge in [-0.3, -0.25) is 0 Å². The molecule has 0 unspecified atom stereocenters. The normalized spacial score (nSPS) is 10.4. The molecule has 0 radical (unpaired) electrons. The van der Waals surface area contributed by atoms with Gasteiger partial charge in [0.15, 0.2) is 0 Å². The zero-order chi connectivity index (χ0) is 13.1. The average molecular weight is 332 g/mol. The van der Waals surface area contributed by atoms with Crippen molar-refractivity contribution < 1.29 is 9.13 Å². The van der Waals surface area contributed by atoms with Crippen LogP contribution < -0.4 is 10.5 Å². The minimum Gasteiger partial charge on any atom is -0.437 e. The summed E-state index contributed by atoms with van der Waals surface area (Å²) in [5.74, 6) is 0.129.